The van der Waals surface area contributed by atoms with Gasteiger partial charge in [0.25, 0.3) is 0 Å². The molecule has 7 heteroatoms. The molecular formula is C18H23N3O4. The summed E-state index contributed by atoms with van der Waals surface area (Å²) in [6, 6.07) is 10.7. The second kappa shape index (κ2) is 8.79. The number of anilines is 1. The van der Waals surface area contributed by atoms with Crippen LogP contribution in [-0.2, 0) is 13.1 Å². The first-order valence-corrected chi connectivity index (χ1v) is 7.74. The second-order valence-electron chi connectivity index (χ2n) is 5.25. The molecule has 0 spiro atoms. The van der Waals surface area contributed by atoms with Gasteiger partial charge >= 0.3 is 6.03 Å². The topological polar surface area (TPSA) is 94.8 Å². The van der Waals surface area contributed by atoms with Crippen LogP contribution in [0, 0.1) is 0 Å². The number of hydrogen-bond acceptors (Lipinski definition) is 5. The molecule has 0 saturated heterocycles. The molecule has 4 N–H and O–H groups in total. The molecule has 0 fully saturated rings. The van der Waals surface area contributed by atoms with Gasteiger partial charge in [-0.05, 0) is 11.1 Å². The van der Waals surface area contributed by atoms with Gasteiger partial charge in [0, 0.05) is 25.2 Å². The third kappa shape index (κ3) is 4.77. The van der Waals surface area contributed by atoms with Crippen molar-refractivity contribution in [3.63, 3.8) is 0 Å². The molecule has 0 unspecified atom stereocenters. The molecule has 7 nitrogen and oxygen atoms in total. The lowest BCUT2D eigenvalue weighted by Gasteiger charge is -2.15. The quantitative estimate of drug-likeness (QED) is 0.717. The van der Waals surface area contributed by atoms with Crippen molar-refractivity contribution in [2.24, 2.45) is 5.73 Å². The molecule has 2 rings (SSSR count). The van der Waals surface area contributed by atoms with Gasteiger partial charge in [-0.3, -0.25) is 0 Å². The Morgan fingerprint density at radius 3 is 2.20 bits per heavy atom. The van der Waals surface area contributed by atoms with Crippen LogP contribution < -0.4 is 30.6 Å². The van der Waals surface area contributed by atoms with Gasteiger partial charge in [-0.25, -0.2) is 4.79 Å². The van der Waals surface area contributed by atoms with Crippen LogP contribution in [0.4, 0.5) is 10.5 Å². The Morgan fingerprint density at radius 2 is 1.64 bits per heavy atom. The number of methoxy groups -OCH3 is 3. The van der Waals surface area contributed by atoms with Crippen molar-refractivity contribution in [3.05, 3.63) is 47.5 Å². The average molecular weight is 345 g/mol. The lowest BCUT2D eigenvalue weighted by Crippen LogP contribution is -2.28. The van der Waals surface area contributed by atoms with Gasteiger partial charge in [-0.2, -0.15) is 0 Å². The molecule has 0 aliphatic heterocycles. The third-order valence-electron chi connectivity index (χ3n) is 3.60. The van der Waals surface area contributed by atoms with Gasteiger partial charge in [-0.1, -0.05) is 24.3 Å². The SMILES string of the molecule is COc1cc(NC(=O)NCc2cccc(CN)c2)cc(OC)c1OC. The van der Waals surface area contributed by atoms with E-state index in [-0.39, 0.29) is 6.03 Å². The molecule has 0 atom stereocenters. The highest BCUT2D eigenvalue weighted by atomic mass is 16.5. The van der Waals surface area contributed by atoms with E-state index in [1.807, 2.05) is 24.3 Å². The van der Waals surface area contributed by atoms with Crippen LogP contribution in [-0.4, -0.2) is 27.4 Å². The van der Waals surface area contributed by atoms with Crippen LogP contribution in [0.5, 0.6) is 17.2 Å². The minimum atomic E-state index is -0.340. The Morgan fingerprint density at radius 1 is 1.00 bits per heavy atom. The lowest BCUT2D eigenvalue weighted by atomic mass is 10.1. The van der Waals surface area contributed by atoms with Crippen LogP contribution in [0.15, 0.2) is 36.4 Å². The van der Waals surface area contributed by atoms with Gasteiger partial charge in [0.05, 0.1) is 27.0 Å². The predicted molar refractivity (Wildman–Crippen MR) is 96.3 cm³/mol. The van der Waals surface area contributed by atoms with E-state index in [1.165, 1.54) is 21.3 Å². The number of nitrogens with one attached hydrogen (secondary N) is 2. The van der Waals surface area contributed by atoms with Gasteiger partial charge in [0.1, 0.15) is 0 Å². The number of carbonyl (C=O) groups is 1. The minimum absolute atomic E-state index is 0.340. The maximum absolute atomic E-state index is 12.1. The highest BCUT2D eigenvalue weighted by Gasteiger charge is 2.14. The number of benzene rings is 2. The highest BCUT2D eigenvalue weighted by Crippen LogP contribution is 2.39. The van der Waals surface area contributed by atoms with Gasteiger partial charge in [-0.15, -0.1) is 0 Å². The molecule has 0 aromatic heterocycles. The monoisotopic (exact) mass is 345 g/mol. The van der Waals surface area contributed by atoms with Crippen molar-refractivity contribution in [2.75, 3.05) is 26.6 Å². The van der Waals surface area contributed by atoms with E-state index in [2.05, 4.69) is 10.6 Å². The molecule has 0 bridgehead atoms. The summed E-state index contributed by atoms with van der Waals surface area (Å²) < 4.78 is 15.8. The van der Waals surface area contributed by atoms with E-state index >= 15 is 0 Å². The molecule has 134 valence electrons. The van der Waals surface area contributed by atoms with E-state index in [4.69, 9.17) is 19.9 Å². The van der Waals surface area contributed by atoms with Crippen molar-refractivity contribution in [3.8, 4) is 17.2 Å². The van der Waals surface area contributed by atoms with Crippen LogP contribution in [0.3, 0.4) is 0 Å². The molecule has 2 aromatic rings. The fraction of sp³-hybridized carbons (Fsp3) is 0.278. The van der Waals surface area contributed by atoms with Crippen LogP contribution in [0.25, 0.3) is 0 Å². The molecule has 0 radical (unpaired) electrons. The van der Waals surface area contributed by atoms with Crippen molar-refractivity contribution in [2.45, 2.75) is 13.1 Å². The molecule has 25 heavy (non-hydrogen) atoms. The molecule has 0 saturated carbocycles. The van der Waals surface area contributed by atoms with Crippen molar-refractivity contribution < 1.29 is 19.0 Å². The number of nitrogens with two attached hydrogens (primary N) is 1. The van der Waals surface area contributed by atoms with Crippen LogP contribution in [0.1, 0.15) is 11.1 Å². The molecular weight excluding hydrogens is 322 g/mol. The summed E-state index contributed by atoms with van der Waals surface area (Å²) >= 11 is 0. The summed E-state index contributed by atoms with van der Waals surface area (Å²) in [5.41, 5.74) is 8.14. The summed E-state index contributed by atoms with van der Waals surface area (Å²) in [5.74, 6) is 1.40. The largest absolute Gasteiger partial charge is 0.493 e. The van der Waals surface area contributed by atoms with Crippen molar-refractivity contribution in [1.82, 2.24) is 5.32 Å². The predicted octanol–water partition coefficient (Wildman–Crippen LogP) is 2.49. The van der Waals surface area contributed by atoms with Gasteiger partial charge in [0.15, 0.2) is 11.5 Å². The number of amides is 2. The van der Waals surface area contributed by atoms with E-state index in [0.29, 0.717) is 36.0 Å². The number of carbonyl (C=O) groups excluding carboxylic acids is 1. The third-order valence-corrected chi connectivity index (χ3v) is 3.60. The summed E-state index contributed by atoms with van der Waals surface area (Å²) in [4.78, 5) is 12.1. The maximum atomic E-state index is 12.1. The van der Waals surface area contributed by atoms with Gasteiger partial charge in [0.2, 0.25) is 5.75 Å². The molecule has 0 heterocycles. The fourth-order valence-corrected chi connectivity index (χ4v) is 2.38. The highest BCUT2D eigenvalue weighted by molar-refractivity contribution is 5.90. The maximum Gasteiger partial charge on any atom is 0.319 e. The molecule has 0 aliphatic carbocycles. The standard InChI is InChI=1S/C18H23N3O4/c1-23-15-8-14(9-16(24-2)17(15)25-3)21-18(22)20-11-13-6-4-5-12(7-13)10-19/h4-9H,10-11,19H2,1-3H3,(H2,20,21,22). The van der Waals surface area contributed by atoms with E-state index < -0.39 is 0 Å². The number of ether oxygens (including phenoxy) is 3. The Labute approximate surface area is 147 Å². The first-order valence-electron chi connectivity index (χ1n) is 7.74. The average Bonchev–Trinajstić information content (AvgIpc) is 2.65. The first-order chi connectivity index (χ1) is 12.1. The zero-order chi connectivity index (χ0) is 18.2. The minimum Gasteiger partial charge on any atom is -0.493 e. The zero-order valence-corrected chi connectivity index (χ0v) is 14.6. The van der Waals surface area contributed by atoms with E-state index in [0.717, 1.165) is 11.1 Å². The Hall–Kier alpha value is -2.93. The Bertz CT molecular complexity index is 709. The Balaban J connectivity index is 2.04. The Kier molecular flexibility index (Phi) is 6.47. The number of rotatable bonds is 7. The lowest BCUT2D eigenvalue weighted by molar-refractivity contribution is 0.251. The zero-order valence-electron chi connectivity index (χ0n) is 14.6. The van der Waals surface area contributed by atoms with Crippen molar-refractivity contribution in [1.29, 1.82) is 0 Å². The number of urea groups is 1. The number of hydrogen-bond donors (Lipinski definition) is 3. The molecule has 0 aliphatic rings. The smallest absolute Gasteiger partial charge is 0.319 e. The fourth-order valence-electron chi connectivity index (χ4n) is 2.38. The summed E-state index contributed by atoms with van der Waals surface area (Å²) in [7, 11) is 4.56. The first kappa shape index (κ1) is 18.4. The molecule has 2 amide bonds. The van der Waals surface area contributed by atoms with Crippen LogP contribution in [0.2, 0.25) is 0 Å². The molecule has 2 aromatic carbocycles. The normalized spacial score (nSPS) is 10.1. The summed E-state index contributed by atoms with van der Waals surface area (Å²) in [5, 5.41) is 5.55. The summed E-state index contributed by atoms with van der Waals surface area (Å²) in [6.45, 7) is 0.857. The van der Waals surface area contributed by atoms with Gasteiger partial charge < -0.3 is 30.6 Å². The van der Waals surface area contributed by atoms with E-state index in [1.54, 1.807) is 12.1 Å². The van der Waals surface area contributed by atoms with E-state index in [9.17, 15) is 4.79 Å². The second-order valence-corrected chi connectivity index (χ2v) is 5.25. The summed E-state index contributed by atoms with van der Waals surface area (Å²) in [6.07, 6.45) is 0. The van der Waals surface area contributed by atoms with Crippen molar-refractivity contribution >= 4 is 11.7 Å². The van der Waals surface area contributed by atoms with Crippen LogP contribution >= 0.6 is 0 Å².